The van der Waals surface area contributed by atoms with Crippen molar-refractivity contribution in [2.24, 2.45) is 5.73 Å². The average Bonchev–Trinajstić information content (AvgIpc) is 2.54. The number of H-pyrrole nitrogens is 1. The maximum atomic E-state index is 11.6. The van der Waals surface area contributed by atoms with Crippen LogP contribution in [0.3, 0.4) is 0 Å². The van der Waals surface area contributed by atoms with E-state index in [1.165, 1.54) is 0 Å². The smallest absolute Gasteiger partial charge is 0.326 e. The van der Waals surface area contributed by atoms with Crippen LogP contribution in [0.1, 0.15) is 6.42 Å². The SMILES string of the molecule is NCCCn1c(=O)[nH]c2c(Cl)cccc21. The number of rotatable bonds is 3. The largest absolute Gasteiger partial charge is 0.330 e. The quantitative estimate of drug-likeness (QED) is 0.828. The monoisotopic (exact) mass is 225 g/mol. The highest BCUT2D eigenvalue weighted by molar-refractivity contribution is 6.34. The molecule has 4 nitrogen and oxygen atoms in total. The maximum absolute atomic E-state index is 11.6. The number of aryl methyl sites for hydroxylation is 1. The first-order chi connectivity index (χ1) is 7.24. The molecular formula is C10H12ClN3O. The Morgan fingerprint density at radius 2 is 2.27 bits per heavy atom. The van der Waals surface area contributed by atoms with Gasteiger partial charge in [0.25, 0.3) is 0 Å². The summed E-state index contributed by atoms with van der Waals surface area (Å²) in [6, 6.07) is 5.46. The van der Waals surface area contributed by atoms with Crippen LogP contribution in [0, 0.1) is 0 Å². The van der Waals surface area contributed by atoms with Crippen LogP contribution in [-0.4, -0.2) is 16.1 Å². The molecule has 0 unspecified atom stereocenters. The molecule has 0 aliphatic rings. The Morgan fingerprint density at radius 1 is 1.47 bits per heavy atom. The predicted molar refractivity (Wildman–Crippen MR) is 61.2 cm³/mol. The normalized spacial score (nSPS) is 11.1. The summed E-state index contributed by atoms with van der Waals surface area (Å²) < 4.78 is 1.66. The van der Waals surface area contributed by atoms with Gasteiger partial charge < -0.3 is 10.7 Å². The van der Waals surface area contributed by atoms with Gasteiger partial charge in [0.1, 0.15) is 0 Å². The van der Waals surface area contributed by atoms with E-state index in [4.69, 9.17) is 17.3 Å². The molecule has 0 atom stereocenters. The van der Waals surface area contributed by atoms with Crippen LogP contribution < -0.4 is 11.4 Å². The molecule has 0 saturated heterocycles. The van der Waals surface area contributed by atoms with Crippen LogP contribution in [0.5, 0.6) is 0 Å². The van der Waals surface area contributed by atoms with Gasteiger partial charge in [-0.15, -0.1) is 0 Å². The molecule has 3 N–H and O–H groups in total. The summed E-state index contributed by atoms with van der Waals surface area (Å²) in [6.07, 6.45) is 0.777. The summed E-state index contributed by atoms with van der Waals surface area (Å²) in [7, 11) is 0. The third-order valence-corrected chi connectivity index (χ3v) is 2.66. The number of hydrogen-bond acceptors (Lipinski definition) is 2. The lowest BCUT2D eigenvalue weighted by atomic mass is 10.3. The van der Waals surface area contributed by atoms with Crippen molar-refractivity contribution in [3.05, 3.63) is 33.7 Å². The van der Waals surface area contributed by atoms with Gasteiger partial charge in [-0.2, -0.15) is 0 Å². The van der Waals surface area contributed by atoms with Crippen molar-refractivity contribution < 1.29 is 0 Å². The Kier molecular flexibility index (Phi) is 2.79. The van der Waals surface area contributed by atoms with Crippen LogP contribution in [0.15, 0.2) is 23.0 Å². The van der Waals surface area contributed by atoms with E-state index in [1.54, 1.807) is 10.6 Å². The van der Waals surface area contributed by atoms with Crippen molar-refractivity contribution >= 4 is 22.6 Å². The molecule has 0 radical (unpaired) electrons. The van der Waals surface area contributed by atoms with E-state index in [2.05, 4.69) is 4.98 Å². The van der Waals surface area contributed by atoms with Crippen molar-refractivity contribution in [1.82, 2.24) is 9.55 Å². The molecule has 0 amide bonds. The molecule has 1 aromatic carbocycles. The zero-order valence-electron chi connectivity index (χ0n) is 8.16. The van der Waals surface area contributed by atoms with Gasteiger partial charge in [0, 0.05) is 6.54 Å². The van der Waals surface area contributed by atoms with Gasteiger partial charge in [-0.25, -0.2) is 4.79 Å². The Morgan fingerprint density at radius 3 is 3.00 bits per heavy atom. The molecular weight excluding hydrogens is 214 g/mol. The van der Waals surface area contributed by atoms with Crippen molar-refractivity contribution in [3.63, 3.8) is 0 Å². The molecule has 80 valence electrons. The summed E-state index contributed by atoms with van der Waals surface area (Å²) in [5.74, 6) is 0. The van der Waals surface area contributed by atoms with Crippen LogP contribution in [0.4, 0.5) is 0 Å². The van der Waals surface area contributed by atoms with Crippen molar-refractivity contribution in [1.29, 1.82) is 0 Å². The standard InChI is InChI=1S/C10H12ClN3O/c11-7-3-1-4-8-9(7)13-10(15)14(8)6-2-5-12/h1,3-4H,2,5-6,12H2,(H,13,15). The fourth-order valence-electron chi connectivity index (χ4n) is 1.62. The van der Waals surface area contributed by atoms with Gasteiger partial charge in [0.05, 0.1) is 16.1 Å². The molecule has 0 spiro atoms. The van der Waals surface area contributed by atoms with E-state index in [0.29, 0.717) is 23.6 Å². The number of fused-ring (bicyclic) bond motifs is 1. The maximum Gasteiger partial charge on any atom is 0.326 e. The molecule has 5 heteroatoms. The Labute approximate surface area is 91.7 Å². The first-order valence-corrected chi connectivity index (χ1v) is 5.19. The number of halogens is 1. The number of hydrogen-bond donors (Lipinski definition) is 2. The van der Waals surface area contributed by atoms with Gasteiger partial charge in [-0.05, 0) is 25.1 Å². The van der Waals surface area contributed by atoms with Crippen molar-refractivity contribution in [2.45, 2.75) is 13.0 Å². The summed E-state index contributed by atoms with van der Waals surface area (Å²) in [5.41, 5.74) is 6.81. The number of aromatic nitrogens is 2. The summed E-state index contributed by atoms with van der Waals surface area (Å²) >= 11 is 5.97. The van der Waals surface area contributed by atoms with Gasteiger partial charge >= 0.3 is 5.69 Å². The average molecular weight is 226 g/mol. The van der Waals surface area contributed by atoms with Crippen LogP contribution in [0.25, 0.3) is 11.0 Å². The zero-order chi connectivity index (χ0) is 10.8. The molecule has 2 aromatic rings. The molecule has 15 heavy (non-hydrogen) atoms. The minimum atomic E-state index is -0.133. The molecule has 0 aliphatic heterocycles. The second-order valence-corrected chi connectivity index (χ2v) is 3.77. The third-order valence-electron chi connectivity index (χ3n) is 2.35. The second kappa shape index (κ2) is 4.08. The Balaban J connectivity index is 2.58. The summed E-state index contributed by atoms with van der Waals surface area (Å²) in [5, 5.41) is 0.566. The molecule has 0 saturated carbocycles. The number of nitrogens with one attached hydrogen (secondary N) is 1. The molecule has 2 rings (SSSR count). The van der Waals surface area contributed by atoms with E-state index in [0.717, 1.165) is 11.9 Å². The molecule has 0 aliphatic carbocycles. The molecule has 1 aromatic heterocycles. The first kappa shape index (κ1) is 10.3. The van der Waals surface area contributed by atoms with Crippen LogP contribution in [0.2, 0.25) is 5.02 Å². The fourth-order valence-corrected chi connectivity index (χ4v) is 1.83. The fraction of sp³-hybridized carbons (Fsp3) is 0.300. The van der Waals surface area contributed by atoms with Gasteiger partial charge in [-0.3, -0.25) is 4.57 Å². The Hall–Kier alpha value is -1.26. The molecule has 0 fully saturated rings. The van der Waals surface area contributed by atoms with E-state index in [1.807, 2.05) is 12.1 Å². The van der Waals surface area contributed by atoms with E-state index >= 15 is 0 Å². The number of aromatic amines is 1. The summed E-state index contributed by atoms with van der Waals surface area (Å²) in [6.45, 7) is 1.19. The minimum Gasteiger partial charge on any atom is -0.330 e. The van der Waals surface area contributed by atoms with Crippen LogP contribution in [-0.2, 0) is 6.54 Å². The third kappa shape index (κ3) is 1.78. The highest BCUT2D eigenvalue weighted by Gasteiger charge is 2.07. The number of para-hydroxylation sites is 1. The van der Waals surface area contributed by atoms with E-state index in [9.17, 15) is 4.79 Å². The Bertz CT molecular complexity index is 529. The molecule has 0 bridgehead atoms. The number of imidazole rings is 1. The number of benzene rings is 1. The lowest BCUT2D eigenvalue weighted by Crippen LogP contribution is -2.18. The summed E-state index contributed by atoms with van der Waals surface area (Å²) in [4.78, 5) is 14.3. The molecule has 1 heterocycles. The zero-order valence-corrected chi connectivity index (χ0v) is 8.92. The topological polar surface area (TPSA) is 63.8 Å². The van der Waals surface area contributed by atoms with E-state index < -0.39 is 0 Å². The van der Waals surface area contributed by atoms with Crippen molar-refractivity contribution in [3.8, 4) is 0 Å². The first-order valence-electron chi connectivity index (χ1n) is 4.81. The highest BCUT2D eigenvalue weighted by atomic mass is 35.5. The van der Waals surface area contributed by atoms with Gasteiger partial charge in [0.2, 0.25) is 0 Å². The predicted octanol–water partition coefficient (Wildman–Crippen LogP) is 1.33. The van der Waals surface area contributed by atoms with Crippen molar-refractivity contribution in [2.75, 3.05) is 6.54 Å². The lowest BCUT2D eigenvalue weighted by molar-refractivity contribution is 0.647. The highest BCUT2D eigenvalue weighted by Crippen LogP contribution is 2.19. The van der Waals surface area contributed by atoms with Gasteiger partial charge in [0.15, 0.2) is 0 Å². The van der Waals surface area contributed by atoms with E-state index in [-0.39, 0.29) is 5.69 Å². The van der Waals surface area contributed by atoms with Gasteiger partial charge in [-0.1, -0.05) is 17.7 Å². The van der Waals surface area contributed by atoms with Crippen LogP contribution >= 0.6 is 11.6 Å². The number of nitrogens with zero attached hydrogens (tertiary/aromatic N) is 1. The minimum absolute atomic E-state index is 0.133. The second-order valence-electron chi connectivity index (χ2n) is 3.36. The lowest BCUT2D eigenvalue weighted by Gasteiger charge is -2.01. The number of nitrogens with two attached hydrogens (primary N) is 1.